The zero-order chi connectivity index (χ0) is 13.5. The Morgan fingerprint density at radius 1 is 1.22 bits per heavy atom. The minimum atomic E-state index is 0.0925. The summed E-state index contributed by atoms with van der Waals surface area (Å²) in [6.07, 6.45) is 1.75. The second-order valence-electron chi connectivity index (χ2n) is 4.27. The second-order valence-corrected chi connectivity index (χ2v) is 4.27. The maximum Gasteiger partial charge on any atom is 0.230 e. The van der Waals surface area contributed by atoms with Crippen LogP contribution in [0.4, 0.5) is 5.69 Å². The molecule has 18 heavy (non-hydrogen) atoms. The molecule has 1 rings (SSSR count). The Hall–Kier alpha value is -1.51. The van der Waals surface area contributed by atoms with E-state index < -0.39 is 0 Å². The van der Waals surface area contributed by atoms with Crippen LogP contribution in [0.2, 0.25) is 0 Å². The summed E-state index contributed by atoms with van der Waals surface area (Å²) >= 11 is 0. The van der Waals surface area contributed by atoms with E-state index in [1.54, 1.807) is 7.11 Å². The van der Waals surface area contributed by atoms with Gasteiger partial charge in [-0.2, -0.15) is 0 Å². The molecule has 0 spiro atoms. The van der Waals surface area contributed by atoms with Gasteiger partial charge < -0.3 is 9.64 Å². The SMILES string of the molecule is CCC(CC)C(=O)N(CC)c1ccccc1OC. The summed E-state index contributed by atoms with van der Waals surface area (Å²) in [5.41, 5.74) is 0.861. The number of hydrogen-bond acceptors (Lipinski definition) is 2. The third kappa shape index (κ3) is 3.03. The Labute approximate surface area is 110 Å². The van der Waals surface area contributed by atoms with Gasteiger partial charge in [0.05, 0.1) is 12.8 Å². The monoisotopic (exact) mass is 249 g/mol. The Morgan fingerprint density at radius 2 is 1.83 bits per heavy atom. The van der Waals surface area contributed by atoms with Gasteiger partial charge in [0.15, 0.2) is 0 Å². The van der Waals surface area contributed by atoms with E-state index in [9.17, 15) is 4.79 Å². The van der Waals surface area contributed by atoms with Crippen LogP contribution in [0.25, 0.3) is 0 Å². The summed E-state index contributed by atoms with van der Waals surface area (Å²) in [7, 11) is 1.63. The normalized spacial score (nSPS) is 10.5. The number of anilines is 1. The zero-order valence-electron chi connectivity index (χ0n) is 11.8. The van der Waals surface area contributed by atoms with Crippen molar-refractivity contribution in [3.05, 3.63) is 24.3 Å². The van der Waals surface area contributed by atoms with E-state index >= 15 is 0 Å². The van der Waals surface area contributed by atoms with Crippen molar-refractivity contribution in [1.82, 2.24) is 0 Å². The molecule has 0 fully saturated rings. The van der Waals surface area contributed by atoms with Gasteiger partial charge in [-0.15, -0.1) is 0 Å². The summed E-state index contributed by atoms with van der Waals surface area (Å²) < 4.78 is 5.33. The molecule has 100 valence electrons. The average Bonchev–Trinajstić information content (AvgIpc) is 2.41. The molecular weight excluding hydrogens is 226 g/mol. The minimum Gasteiger partial charge on any atom is -0.495 e. The van der Waals surface area contributed by atoms with Crippen molar-refractivity contribution in [1.29, 1.82) is 0 Å². The number of carbonyl (C=O) groups is 1. The molecule has 0 radical (unpaired) electrons. The van der Waals surface area contributed by atoms with Gasteiger partial charge in [-0.3, -0.25) is 4.79 Å². The molecule has 1 aromatic carbocycles. The van der Waals surface area contributed by atoms with Crippen LogP contribution in [-0.2, 0) is 4.79 Å². The third-order valence-electron chi connectivity index (χ3n) is 3.29. The van der Waals surface area contributed by atoms with Crippen LogP contribution in [0.5, 0.6) is 5.75 Å². The van der Waals surface area contributed by atoms with Crippen molar-refractivity contribution in [3.8, 4) is 5.75 Å². The first-order valence-corrected chi connectivity index (χ1v) is 6.63. The number of hydrogen-bond donors (Lipinski definition) is 0. The van der Waals surface area contributed by atoms with Crippen LogP contribution >= 0.6 is 0 Å². The van der Waals surface area contributed by atoms with Crippen LogP contribution < -0.4 is 9.64 Å². The maximum atomic E-state index is 12.5. The summed E-state index contributed by atoms with van der Waals surface area (Å²) in [5, 5.41) is 0. The van der Waals surface area contributed by atoms with Crippen LogP contribution in [0, 0.1) is 5.92 Å². The van der Waals surface area contributed by atoms with Gasteiger partial charge in [0.25, 0.3) is 0 Å². The summed E-state index contributed by atoms with van der Waals surface area (Å²) in [6.45, 7) is 6.77. The van der Waals surface area contributed by atoms with Crippen molar-refractivity contribution in [3.63, 3.8) is 0 Å². The summed E-state index contributed by atoms with van der Waals surface area (Å²) in [4.78, 5) is 14.3. The van der Waals surface area contributed by atoms with E-state index in [-0.39, 0.29) is 11.8 Å². The number of rotatable bonds is 6. The highest BCUT2D eigenvalue weighted by Gasteiger charge is 2.23. The number of nitrogens with zero attached hydrogens (tertiary/aromatic N) is 1. The molecule has 0 N–H and O–H groups in total. The lowest BCUT2D eigenvalue weighted by atomic mass is 10.0. The standard InChI is InChI=1S/C15H23NO2/c1-5-12(6-2)15(17)16(7-3)13-10-8-9-11-14(13)18-4/h8-12H,5-7H2,1-4H3. The minimum absolute atomic E-state index is 0.0925. The highest BCUT2D eigenvalue weighted by atomic mass is 16.5. The molecule has 0 atom stereocenters. The Kier molecular flexibility index (Phi) is 5.69. The third-order valence-corrected chi connectivity index (χ3v) is 3.29. The first-order chi connectivity index (χ1) is 8.69. The molecule has 3 heteroatoms. The molecule has 0 aliphatic rings. The van der Waals surface area contributed by atoms with Crippen LogP contribution in [0.3, 0.4) is 0 Å². The van der Waals surface area contributed by atoms with E-state index in [2.05, 4.69) is 13.8 Å². The maximum absolute atomic E-state index is 12.5. The second kappa shape index (κ2) is 7.04. The average molecular weight is 249 g/mol. The molecule has 0 aliphatic carbocycles. The summed E-state index contributed by atoms with van der Waals surface area (Å²) in [5.74, 6) is 1.03. The van der Waals surface area contributed by atoms with Gasteiger partial charge in [-0.1, -0.05) is 26.0 Å². The number of methoxy groups -OCH3 is 1. The Balaban J connectivity index is 3.05. The highest BCUT2D eigenvalue weighted by molar-refractivity contribution is 5.96. The highest BCUT2D eigenvalue weighted by Crippen LogP contribution is 2.29. The lowest BCUT2D eigenvalue weighted by Crippen LogP contribution is -2.36. The van der Waals surface area contributed by atoms with E-state index in [0.29, 0.717) is 6.54 Å². The fourth-order valence-corrected chi connectivity index (χ4v) is 2.16. The molecule has 0 aromatic heterocycles. The first kappa shape index (κ1) is 14.6. The Bertz CT molecular complexity index is 386. The van der Waals surface area contributed by atoms with E-state index in [1.165, 1.54) is 0 Å². The van der Waals surface area contributed by atoms with Gasteiger partial charge in [-0.25, -0.2) is 0 Å². The zero-order valence-corrected chi connectivity index (χ0v) is 11.8. The van der Waals surface area contributed by atoms with Gasteiger partial charge in [0.2, 0.25) is 5.91 Å². The van der Waals surface area contributed by atoms with E-state index in [4.69, 9.17) is 4.74 Å². The Morgan fingerprint density at radius 3 is 2.33 bits per heavy atom. The van der Waals surface area contributed by atoms with Crippen molar-refractivity contribution in [2.24, 2.45) is 5.92 Å². The number of ether oxygens (including phenoxy) is 1. The topological polar surface area (TPSA) is 29.5 Å². The molecular formula is C15H23NO2. The predicted octanol–water partition coefficient (Wildman–Crippen LogP) is 3.48. The molecule has 0 aliphatic heterocycles. The number of amides is 1. The molecule has 0 saturated heterocycles. The molecule has 0 unspecified atom stereocenters. The number of para-hydroxylation sites is 2. The fourth-order valence-electron chi connectivity index (χ4n) is 2.16. The number of benzene rings is 1. The first-order valence-electron chi connectivity index (χ1n) is 6.63. The van der Waals surface area contributed by atoms with Crippen LogP contribution in [-0.4, -0.2) is 19.6 Å². The lowest BCUT2D eigenvalue weighted by molar-refractivity contribution is -0.122. The van der Waals surface area contributed by atoms with Gasteiger partial charge in [0.1, 0.15) is 5.75 Å². The quantitative estimate of drug-likeness (QED) is 0.772. The van der Waals surface area contributed by atoms with Crippen molar-refractivity contribution < 1.29 is 9.53 Å². The van der Waals surface area contributed by atoms with Gasteiger partial charge >= 0.3 is 0 Å². The van der Waals surface area contributed by atoms with E-state index in [0.717, 1.165) is 24.3 Å². The molecule has 0 heterocycles. The number of carbonyl (C=O) groups excluding carboxylic acids is 1. The van der Waals surface area contributed by atoms with Gasteiger partial charge in [0, 0.05) is 12.5 Å². The lowest BCUT2D eigenvalue weighted by Gasteiger charge is -2.26. The van der Waals surface area contributed by atoms with Crippen molar-refractivity contribution in [2.45, 2.75) is 33.6 Å². The fraction of sp³-hybridized carbons (Fsp3) is 0.533. The molecule has 1 amide bonds. The largest absolute Gasteiger partial charge is 0.495 e. The molecule has 0 saturated carbocycles. The van der Waals surface area contributed by atoms with Crippen molar-refractivity contribution >= 4 is 11.6 Å². The van der Waals surface area contributed by atoms with Crippen LogP contribution in [0.15, 0.2) is 24.3 Å². The van der Waals surface area contributed by atoms with E-state index in [1.807, 2.05) is 36.1 Å². The molecule has 1 aromatic rings. The molecule has 0 bridgehead atoms. The summed E-state index contributed by atoms with van der Waals surface area (Å²) in [6, 6.07) is 7.67. The molecule has 3 nitrogen and oxygen atoms in total. The van der Waals surface area contributed by atoms with Crippen LogP contribution in [0.1, 0.15) is 33.6 Å². The smallest absolute Gasteiger partial charge is 0.230 e. The predicted molar refractivity (Wildman–Crippen MR) is 75.1 cm³/mol. The van der Waals surface area contributed by atoms with Gasteiger partial charge in [-0.05, 0) is 31.9 Å². The van der Waals surface area contributed by atoms with Crippen molar-refractivity contribution in [2.75, 3.05) is 18.6 Å².